The quantitative estimate of drug-likeness (QED) is 0.689. The molecule has 0 saturated heterocycles. The van der Waals surface area contributed by atoms with Gasteiger partial charge in [-0.3, -0.25) is 0 Å². The molecule has 2 rings (SSSR count). The third-order valence-corrected chi connectivity index (χ3v) is 1.94. The van der Waals surface area contributed by atoms with Gasteiger partial charge in [0.1, 0.15) is 0 Å². The third-order valence-electron chi connectivity index (χ3n) is 1.94. The van der Waals surface area contributed by atoms with Crippen LogP contribution in [0, 0.1) is 0 Å². The molecule has 1 aliphatic heterocycles. The lowest BCUT2D eigenvalue weighted by molar-refractivity contribution is 0.174. The van der Waals surface area contributed by atoms with Gasteiger partial charge in [0.05, 0.1) is 0 Å². The smallest absolute Gasteiger partial charge is 0.231 e. The van der Waals surface area contributed by atoms with E-state index in [0.29, 0.717) is 6.79 Å². The molecule has 0 aromatic heterocycles. The highest BCUT2D eigenvalue weighted by Gasteiger charge is 2.11. The standard InChI is InChI=1S/C11H12O2/c1-2-3-4-9-5-6-10-11(7-9)13-8-12-10/h3-7H,2,8H2,1H3/b4-3+. The molecule has 0 saturated carbocycles. The predicted octanol–water partition coefficient (Wildman–Crippen LogP) is 2.84. The monoisotopic (exact) mass is 176 g/mol. The highest BCUT2D eigenvalue weighted by molar-refractivity contribution is 5.56. The first-order valence-corrected chi connectivity index (χ1v) is 4.46. The van der Waals surface area contributed by atoms with Gasteiger partial charge in [-0.05, 0) is 24.1 Å². The minimum Gasteiger partial charge on any atom is -0.454 e. The lowest BCUT2D eigenvalue weighted by atomic mass is 10.2. The Balaban J connectivity index is 2.25. The summed E-state index contributed by atoms with van der Waals surface area (Å²) in [7, 11) is 0. The predicted molar refractivity (Wildman–Crippen MR) is 51.9 cm³/mol. The highest BCUT2D eigenvalue weighted by atomic mass is 16.7. The number of ether oxygens (including phenoxy) is 2. The summed E-state index contributed by atoms with van der Waals surface area (Å²) in [6.45, 7) is 2.46. The Kier molecular flexibility index (Phi) is 2.21. The second-order valence-electron chi connectivity index (χ2n) is 2.92. The maximum atomic E-state index is 5.26. The topological polar surface area (TPSA) is 18.5 Å². The molecule has 68 valence electrons. The van der Waals surface area contributed by atoms with Crippen LogP contribution in [0.3, 0.4) is 0 Å². The van der Waals surface area contributed by atoms with E-state index in [1.165, 1.54) is 0 Å². The molecule has 13 heavy (non-hydrogen) atoms. The molecule has 0 fully saturated rings. The van der Waals surface area contributed by atoms with Crippen molar-refractivity contribution in [3.8, 4) is 11.5 Å². The minimum atomic E-state index is 0.344. The Morgan fingerprint density at radius 2 is 2.15 bits per heavy atom. The molecule has 0 bridgehead atoms. The van der Waals surface area contributed by atoms with Crippen molar-refractivity contribution >= 4 is 6.08 Å². The van der Waals surface area contributed by atoms with Gasteiger partial charge in [0.15, 0.2) is 11.5 Å². The second kappa shape index (κ2) is 3.52. The van der Waals surface area contributed by atoms with Crippen LogP contribution < -0.4 is 9.47 Å². The molecule has 2 nitrogen and oxygen atoms in total. The Morgan fingerprint density at radius 3 is 3.00 bits per heavy atom. The molecule has 1 aromatic rings. The lowest BCUT2D eigenvalue weighted by Gasteiger charge is -1.96. The van der Waals surface area contributed by atoms with Crippen LogP contribution in [0.1, 0.15) is 18.9 Å². The fourth-order valence-corrected chi connectivity index (χ4v) is 1.27. The Morgan fingerprint density at radius 1 is 1.31 bits per heavy atom. The first kappa shape index (κ1) is 8.17. The van der Waals surface area contributed by atoms with E-state index in [4.69, 9.17) is 9.47 Å². The molecular formula is C11H12O2. The molecule has 0 N–H and O–H groups in total. The number of benzene rings is 1. The average molecular weight is 176 g/mol. The summed E-state index contributed by atoms with van der Waals surface area (Å²) in [5, 5.41) is 0. The average Bonchev–Trinajstić information content (AvgIpc) is 2.61. The van der Waals surface area contributed by atoms with Crippen LogP contribution in [0.4, 0.5) is 0 Å². The number of fused-ring (bicyclic) bond motifs is 1. The third kappa shape index (κ3) is 1.66. The molecule has 0 atom stereocenters. The summed E-state index contributed by atoms with van der Waals surface area (Å²) < 4.78 is 10.5. The van der Waals surface area contributed by atoms with E-state index >= 15 is 0 Å². The van der Waals surface area contributed by atoms with Gasteiger partial charge in [-0.2, -0.15) is 0 Å². The van der Waals surface area contributed by atoms with E-state index < -0.39 is 0 Å². The maximum absolute atomic E-state index is 5.26. The summed E-state index contributed by atoms with van der Waals surface area (Å²) in [6.07, 6.45) is 5.26. The van der Waals surface area contributed by atoms with E-state index in [1.54, 1.807) is 0 Å². The van der Waals surface area contributed by atoms with Gasteiger partial charge in [0.25, 0.3) is 0 Å². The molecule has 1 aliphatic rings. The van der Waals surface area contributed by atoms with Crippen LogP contribution >= 0.6 is 0 Å². The zero-order valence-corrected chi connectivity index (χ0v) is 7.62. The number of allylic oxidation sites excluding steroid dienone is 1. The Hall–Kier alpha value is -1.44. The molecule has 0 aliphatic carbocycles. The molecule has 0 amide bonds. The Bertz CT molecular complexity index is 329. The molecule has 1 aromatic carbocycles. The lowest BCUT2D eigenvalue weighted by Crippen LogP contribution is -1.92. The molecule has 0 spiro atoms. The zero-order chi connectivity index (χ0) is 9.10. The number of rotatable bonds is 2. The normalized spacial score (nSPS) is 13.9. The van der Waals surface area contributed by atoms with Crippen molar-refractivity contribution in [2.45, 2.75) is 13.3 Å². The van der Waals surface area contributed by atoms with Gasteiger partial charge in [0.2, 0.25) is 6.79 Å². The fourth-order valence-electron chi connectivity index (χ4n) is 1.27. The molecule has 0 radical (unpaired) electrons. The van der Waals surface area contributed by atoms with Crippen molar-refractivity contribution in [1.82, 2.24) is 0 Å². The summed E-state index contributed by atoms with van der Waals surface area (Å²) in [5.74, 6) is 1.69. The van der Waals surface area contributed by atoms with Gasteiger partial charge < -0.3 is 9.47 Å². The largest absolute Gasteiger partial charge is 0.454 e. The van der Waals surface area contributed by atoms with Crippen LogP contribution in [0.15, 0.2) is 24.3 Å². The summed E-state index contributed by atoms with van der Waals surface area (Å²) >= 11 is 0. The second-order valence-corrected chi connectivity index (χ2v) is 2.92. The Labute approximate surface area is 77.8 Å². The molecule has 0 unspecified atom stereocenters. The minimum absolute atomic E-state index is 0.344. The van der Waals surface area contributed by atoms with Crippen molar-refractivity contribution in [1.29, 1.82) is 0 Å². The van der Waals surface area contributed by atoms with Gasteiger partial charge >= 0.3 is 0 Å². The van der Waals surface area contributed by atoms with Crippen LogP contribution in [-0.2, 0) is 0 Å². The van der Waals surface area contributed by atoms with Gasteiger partial charge in [-0.25, -0.2) is 0 Å². The van der Waals surface area contributed by atoms with Crippen LogP contribution in [0.5, 0.6) is 11.5 Å². The van der Waals surface area contributed by atoms with Gasteiger partial charge in [-0.1, -0.05) is 25.1 Å². The van der Waals surface area contributed by atoms with Gasteiger partial charge in [0, 0.05) is 0 Å². The van der Waals surface area contributed by atoms with Crippen molar-refractivity contribution in [2.24, 2.45) is 0 Å². The van der Waals surface area contributed by atoms with E-state index in [0.717, 1.165) is 23.5 Å². The van der Waals surface area contributed by atoms with Crippen LogP contribution in [0.25, 0.3) is 6.08 Å². The summed E-state index contributed by atoms with van der Waals surface area (Å²) in [4.78, 5) is 0. The van der Waals surface area contributed by atoms with Crippen LogP contribution in [-0.4, -0.2) is 6.79 Å². The molecule has 1 heterocycles. The van der Waals surface area contributed by atoms with Crippen molar-refractivity contribution in [3.05, 3.63) is 29.8 Å². The first-order valence-electron chi connectivity index (χ1n) is 4.46. The fraction of sp³-hybridized carbons (Fsp3) is 0.273. The first-order chi connectivity index (χ1) is 6.40. The van der Waals surface area contributed by atoms with Crippen molar-refractivity contribution in [3.63, 3.8) is 0 Å². The highest BCUT2D eigenvalue weighted by Crippen LogP contribution is 2.32. The van der Waals surface area contributed by atoms with E-state index in [-0.39, 0.29) is 0 Å². The van der Waals surface area contributed by atoms with E-state index in [1.807, 2.05) is 18.2 Å². The van der Waals surface area contributed by atoms with Crippen molar-refractivity contribution in [2.75, 3.05) is 6.79 Å². The summed E-state index contributed by atoms with van der Waals surface area (Å²) in [6, 6.07) is 5.96. The maximum Gasteiger partial charge on any atom is 0.231 e. The number of hydrogen-bond acceptors (Lipinski definition) is 2. The van der Waals surface area contributed by atoms with E-state index in [2.05, 4.69) is 19.1 Å². The van der Waals surface area contributed by atoms with Crippen molar-refractivity contribution < 1.29 is 9.47 Å². The number of hydrogen-bond donors (Lipinski definition) is 0. The zero-order valence-electron chi connectivity index (χ0n) is 7.62. The summed E-state index contributed by atoms with van der Waals surface area (Å²) in [5.41, 5.74) is 1.16. The molecule has 2 heteroatoms. The van der Waals surface area contributed by atoms with E-state index in [9.17, 15) is 0 Å². The SMILES string of the molecule is CC/C=C/c1ccc2c(c1)OCO2. The molecular weight excluding hydrogens is 164 g/mol. The van der Waals surface area contributed by atoms with Gasteiger partial charge in [-0.15, -0.1) is 0 Å². The van der Waals surface area contributed by atoms with Crippen LogP contribution in [0.2, 0.25) is 0 Å².